The van der Waals surface area contributed by atoms with Crippen LogP contribution < -0.4 is 21.7 Å². The number of carboxylic acids is 2. The fourth-order valence-corrected chi connectivity index (χ4v) is 1.66. The molecule has 0 aliphatic rings. The van der Waals surface area contributed by atoms with E-state index in [2.05, 4.69) is 16.0 Å². The Morgan fingerprint density at radius 1 is 0.960 bits per heavy atom. The van der Waals surface area contributed by atoms with Crippen LogP contribution in [0.5, 0.6) is 0 Å². The van der Waals surface area contributed by atoms with Crippen molar-refractivity contribution in [2.75, 3.05) is 6.54 Å². The molecule has 4 unspecified atom stereocenters. The van der Waals surface area contributed by atoms with Gasteiger partial charge in [-0.25, -0.2) is 0 Å². The monoisotopic (exact) mass is 362 g/mol. The molecule has 0 heterocycles. The predicted molar refractivity (Wildman–Crippen MR) is 82.1 cm³/mol. The number of carboxylic acid groups (broad SMARTS) is 2. The normalized spacial score (nSPS) is 15.2. The van der Waals surface area contributed by atoms with Crippen molar-refractivity contribution in [3.05, 3.63) is 0 Å². The maximum Gasteiger partial charge on any atom is 0.325 e. The zero-order chi connectivity index (χ0) is 19.7. The summed E-state index contributed by atoms with van der Waals surface area (Å²) >= 11 is 0. The molecule has 0 aliphatic carbocycles. The van der Waals surface area contributed by atoms with Gasteiger partial charge in [0.15, 0.2) is 0 Å². The predicted octanol–water partition coefficient (Wildman–Crippen LogP) is -3.64. The Morgan fingerprint density at radius 3 is 1.92 bits per heavy atom. The highest BCUT2D eigenvalue weighted by Crippen LogP contribution is 1.99. The fourth-order valence-electron chi connectivity index (χ4n) is 1.66. The summed E-state index contributed by atoms with van der Waals surface area (Å²) in [6, 6.07) is -4.36. The molecule has 0 aromatic carbocycles. The van der Waals surface area contributed by atoms with Crippen molar-refractivity contribution in [2.24, 2.45) is 5.73 Å². The molecule has 12 heteroatoms. The van der Waals surface area contributed by atoms with Crippen LogP contribution in [0.1, 0.15) is 20.3 Å². The Kier molecular flexibility index (Phi) is 9.09. The highest BCUT2D eigenvalue weighted by molar-refractivity contribution is 5.95. The summed E-state index contributed by atoms with van der Waals surface area (Å²) in [6.07, 6.45) is -2.20. The third-order valence-corrected chi connectivity index (χ3v) is 3.01. The zero-order valence-corrected chi connectivity index (χ0v) is 13.7. The molecule has 0 spiro atoms. The smallest absolute Gasteiger partial charge is 0.325 e. The maximum absolute atomic E-state index is 12.1. The van der Waals surface area contributed by atoms with Crippen molar-refractivity contribution in [3.8, 4) is 0 Å². The van der Waals surface area contributed by atoms with Gasteiger partial charge < -0.3 is 37.0 Å². The summed E-state index contributed by atoms with van der Waals surface area (Å²) in [5.41, 5.74) is 5.08. The Bertz CT molecular complexity index is 536. The van der Waals surface area contributed by atoms with Crippen molar-refractivity contribution >= 4 is 29.7 Å². The Labute approximate surface area is 142 Å². The summed E-state index contributed by atoms with van der Waals surface area (Å²) in [6.45, 7) is 1.86. The summed E-state index contributed by atoms with van der Waals surface area (Å²) in [7, 11) is 0. The molecule has 0 aromatic heterocycles. The fraction of sp³-hybridized carbons (Fsp3) is 0.615. The van der Waals surface area contributed by atoms with Gasteiger partial charge in [0.05, 0.1) is 19.1 Å². The minimum Gasteiger partial charge on any atom is -0.481 e. The van der Waals surface area contributed by atoms with Gasteiger partial charge in [-0.05, 0) is 13.8 Å². The van der Waals surface area contributed by atoms with Crippen LogP contribution in [0.4, 0.5) is 0 Å². The van der Waals surface area contributed by atoms with Gasteiger partial charge in [0, 0.05) is 0 Å². The quantitative estimate of drug-likeness (QED) is 0.204. The molecule has 25 heavy (non-hydrogen) atoms. The standard InChI is InChI=1S/C13H22N4O8/c1-5(13(24)25)15-12(23)10(6(2)18)17-11(22)7(3-9(20)21)16-8(19)4-14/h5-7,10,18H,3-4,14H2,1-2H3,(H,15,23)(H,16,19)(H,17,22)(H,20,21)(H,24,25). The number of nitrogens with one attached hydrogen (secondary N) is 3. The first-order valence-electron chi connectivity index (χ1n) is 7.22. The Morgan fingerprint density at radius 2 is 1.52 bits per heavy atom. The minimum absolute atomic E-state index is 0.486. The number of aliphatic hydroxyl groups is 1. The third kappa shape index (κ3) is 8.08. The van der Waals surface area contributed by atoms with E-state index in [1.807, 2.05) is 0 Å². The molecule has 12 nitrogen and oxygen atoms in total. The number of aliphatic hydroxyl groups excluding tert-OH is 1. The molecule has 8 N–H and O–H groups in total. The minimum atomic E-state index is -1.56. The Balaban J connectivity index is 5.14. The SMILES string of the molecule is CC(NC(=O)C(NC(=O)C(CC(=O)O)NC(=O)CN)C(C)O)C(=O)O. The number of carbonyl (C=O) groups excluding carboxylic acids is 3. The van der Waals surface area contributed by atoms with Crippen LogP contribution in [0.15, 0.2) is 0 Å². The number of carbonyl (C=O) groups is 5. The molecule has 0 bridgehead atoms. The van der Waals surface area contributed by atoms with Gasteiger partial charge in [-0.15, -0.1) is 0 Å². The molecular formula is C13H22N4O8. The van der Waals surface area contributed by atoms with E-state index >= 15 is 0 Å². The van der Waals surface area contributed by atoms with Crippen LogP contribution in [0.25, 0.3) is 0 Å². The van der Waals surface area contributed by atoms with Gasteiger partial charge in [0.2, 0.25) is 17.7 Å². The molecular weight excluding hydrogens is 340 g/mol. The highest BCUT2D eigenvalue weighted by Gasteiger charge is 2.31. The second kappa shape index (κ2) is 10.2. The van der Waals surface area contributed by atoms with Crippen molar-refractivity contribution in [1.82, 2.24) is 16.0 Å². The molecule has 142 valence electrons. The first kappa shape index (κ1) is 22.3. The van der Waals surface area contributed by atoms with Crippen LogP contribution in [0, 0.1) is 0 Å². The van der Waals surface area contributed by atoms with Gasteiger partial charge in [0.25, 0.3) is 0 Å². The van der Waals surface area contributed by atoms with Gasteiger partial charge >= 0.3 is 11.9 Å². The van der Waals surface area contributed by atoms with Crippen molar-refractivity contribution in [3.63, 3.8) is 0 Å². The van der Waals surface area contributed by atoms with Crippen molar-refractivity contribution < 1.29 is 39.3 Å². The largest absolute Gasteiger partial charge is 0.481 e. The highest BCUT2D eigenvalue weighted by atomic mass is 16.4. The van der Waals surface area contributed by atoms with Gasteiger partial charge in [-0.1, -0.05) is 0 Å². The molecule has 0 aromatic rings. The first-order valence-corrected chi connectivity index (χ1v) is 7.22. The first-order chi connectivity index (χ1) is 11.5. The zero-order valence-electron chi connectivity index (χ0n) is 13.7. The molecule has 0 aliphatic heterocycles. The van der Waals surface area contributed by atoms with Crippen LogP contribution >= 0.6 is 0 Å². The van der Waals surface area contributed by atoms with Crippen LogP contribution in [0.2, 0.25) is 0 Å². The lowest BCUT2D eigenvalue weighted by Crippen LogP contribution is -2.59. The van der Waals surface area contributed by atoms with E-state index in [9.17, 15) is 29.1 Å². The van der Waals surface area contributed by atoms with E-state index in [-0.39, 0.29) is 0 Å². The van der Waals surface area contributed by atoms with E-state index in [4.69, 9.17) is 15.9 Å². The molecule has 4 atom stereocenters. The second-order valence-corrected chi connectivity index (χ2v) is 5.22. The number of hydrogen-bond acceptors (Lipinski definition) is 7. The summed E-state index contributed by atoms with van der Waals surface area (Å²) < 4.78 is 0. The second-order valence-electron chi connectivity index (χ2n) is 5.22. The van der Waals surface area contributed by atoms with Gasteiger partial charge in [0.1, 0.15) is 18.1 Å². The number of hydrogen-bond donors (Lipinski definition) is 7. The summed E-state index contributed by atoms with van der Waals surface area (Å²) in [4.78, 5) is 56.9. The van der Waals surface area contributed by atoms with E-state index < -0.39 is 66.9 Å². The average Bonchev–Trinajstić information content (AvgIpc) is 2.50. The van der Waals surface area contributed by atoms with Crippen LogP contribution in [0.3, 0.4) is 0 Å². The number of amides is 3. The lowest BCUT2D eigenvalue weighted by Gasteiger charge is -2.24. The van der Waals surface area contributed by atoms with Crippen molar-refractivity contribution in [2.45, 2.75) is 44.5 Å². The van der Waals surface area contributed by atoms with E-state index in [0.29, 0.717) is 0 Å². The Hall–Kier alpha value is -2.73. The van der Waals surface area contributed by atoms with E-state index in [0.717, 1.165) is 0 Å². The number of aliphatic carboxylic acids is 2. The van der Waals surface area contributed by atoms with Crippen LogP contribution in [-0.4, -0.2) is 75.8 Å². The lowest BCUT2D eigenvalue weighted by molar-refractivity contribution is -0.143. The lowest BCUT2D eigenvalue weighted by atomic mass is 10.1. The maximum atomic E-state index is 12.1. The summed E-state index contributed by atoms with van der Waals surface area (Å²) in [5.74, 6) is -5.55. The van der Waals surface area contributed by atoms with E-state index in [1.54, 1.807) is 0 Å². The number of rotatable bonds is 10. The van der Waals surface area contributed by atoms with Crippen molar-refractivity contribution in [1.29, 1.82) is 0 Å². The molecule has 0 rings (SSSR count). The molecule has 0 saturated carbocycles. The molecule has 0 saturated heterocycles. The third-order valence-electron chi connectivity index (χ3n) is 3.01. The average molecular weight is 362 g/mol. The number of nitrogens with two attached hydrogens (primary N) is 1. The molecule has 0 fully saturated rings. The van der Waals surface area contributed by atoms with Crippen LogP contribution in [-0.2, 0) is 24.0 Å². The topological polar surface area (TPSA) is 208 Å². The summed E-state index contributed by atoms with van der Waals surface area (Å²) in [5, 5.41) is 33.4. The van der Waals surface area contributed by atoms with E-state index in [1.165, 1.54) is 13.8 Å². The van der Waals surface area contributed by atoms with Gasteiger partial charge in [-0.3, -0.25) is 24.0 Å². The molecule has 3 amide bonds. The van der Waals surface area contributed by atoms with Gasteiger partial charge in [-0.2, -0.15) is 0 Å². The molecule has 0 radical (unpaired) electrons.